The van der Waals surface area contributed by atoms with Crippen LogP contribution >= 0.6 is 11.3 Å². The molecule has 0 unspecified atom stereocenters. The molecule has 1 amide bonds. The minimum Gasteiger partial charge on any atom is -0.338 e. The van der Waals surface area contributed by atoms with Gasteiger partial charge in [-0.25, -0.2) is 0 Å². The summed E-state index contributed by atoms with van der Waals surface area (Å²) in [6.45, 7) is 5.56. The largest absolute Gasteiger partial charge is 0.338 e. The lowest BCUT2D eigenvalue weighted by atomic mass is 10.1. The molecule has 0 aliphatic heterocycles. The van der Waals surface area contributed by atoms with E-state index in [2.05, 4.69) is 12.1 Å². The Labute approximate surface area is 118 Å². The van der Waals surface area contributed by atoms with Crippen LogP contribution in [0.15, 0.2) is 41.8 Å². The second-order valence-corrected chi connectivity index (χ2v) is 5.47. The quantitative estimate of drug-likeness (QED) is 0.812. The Morgan fingerprint density at radius 1 is 1.21 bits per heavy atom. The molecule has 2 rings (SSSR count). The van der Waals surface area contributed by atoms with Crippen LogP contribution in [0.3, 0.4) is 0 Å². The highest BCUT2D eigenvalue weighted by Gasteiger charge is 2.17. The molecule has 0 saturated carbocycles. The molecule has 0 radical (unpaired) electrons. The van der Waals surface area contributed by atoms with Gasteiger partial charge >= 0.3 is 0 Å². The molecule has 2 aromatic rings. The lowest BCUT2D eigenvalue weighted by molar-refractivity contribution is 0.0770. The lowest BCUT2D eigenvalue weighted by Crippen LogP contribution is -2.32. The Morgan fingerprint density at radius 3 is 2.53 bits per heavy atom. The predicted octanol–water partition coefficient (Wildman–Crippen LogP) is 3.76. The van der Waals surface area contributed by atoms with Crippen LogP contribution in [0.4, 0.5) is 0 Å². The number of aryl methyl sites for hydroxylation is 1. The first kappa shape index (κ1) is 13.8. The number of amides is 1. The Kier molecular flexibility index (Phi) is 4.74. The van der Waals surface area contributed by atoms with Crippen molar-refractivity contribution in [3.8, 4) is 0 Å². The van der Waals surface area contributed by atoms with Crippen LogP contribution < -0.4 is 0 Å². The van der Waals surface area contributed by atoms with Gasteiger partial charge in [0.25, 0.3) is 5.91 Å². The zero-order valence-electron chi connectivity index (χ0n) is 11.4. The molecule has 1 aromatic carbocycles. The van der Waals surface area contributed by atoms with Crippen LogP contribution in [0.25, 0.3) is 0 Å². The standard InChI is InChI=1S/C16H19NOS/c1-3-17(11-9-14-7-5-4-6-8-14)16(18)15-13(2)10-12-19-15/h4-8,10,12H,3,9,11H2,1-2H3. The van der Waals surface area contributed by atoms with Gasteiger partial charge in [-0.05, 0) is 42.8 Å². The molecule has 0 aliphatic rings. The van der Waals surface area contributed by atoms with Gasteiger partial charge in [0.15, 0.2) is 0 Å². The Morgan fingerprint density at radius 2 is 1.95 bits per heavy atom. The molecule has 0 spiro atoms. The number of likely N-dealkylation sites (N-methyl/N-ethyl adjacent to an activating group) is 1. The Bertz CT molecular complexity index is 533. The van der Waals surface area contributed by atoms with E-state index in [1.54, 1.807) is 0 Å². The number of benzene rings is 1. The molecular weight excluding hydrogens is 254 g/mol. The summed E-state index contributed by atoms with van der Waals surface area (Å²) in [5, 5.41) is 1.98. The van der Waals surface area contributed by atoms with Crippen molar-refractivity contribution in [2.24, 2.45) is 0 Å². The summed E-state index contributed by atoms with van der Waals surface area (Å²) in [4.78, 5) is 15.2. The zero-order valence-corrected chi connectivity index (χ0v) is 12.2. The van der Waals surface area contributed by atoms with E-state index in [1.807, 2.05) is 48.4 Å². The minimum atomic E-state index is 0.158. The fourth-order valence-corrected chi connectivity index (χ4v) is 2.94. The van der Waals surface area contributed by atoms with Crippen molar-refractivity contribution in [2.75, 3.05) is 13.1 Å². The highest BCUT2D eigenvalue weighted by atomic mass is 32.1. The van der Waals surface area contributed by atoms with Gasteiger partial charge in [0.2, 0.25) is 0 Å². The van der Waals surface area contributed by atoms with Crippen LogP contribution in [-0.4, -0.2) is 23.9 Å². The maximum absolute atomic E-state index is 12.4. The van der Waals surface area contributed by atoms with E-state index in [4.69, 9.17) is 0 Å². The highest BCUT2D eigenvalue weighted by Crippen LogP contribution is 2.18. The summed E-state index contributed by atoms with van der Waals surface area (Å²) in [5.74, 6) is 0.158. The third-order valence-electron chi connectivity index (χ3n) is 3.24. The molecule has 2 nitrogen and oxygen atoms in total. The van der Waals surface area contributed by atoms with E-state index >= 15 is 0 Å². The first-order valence-electron chi connectivity index (χ1n) is 6.59. The monoisotopic (exact) mass is 273 g/mol. The van der Waals surface area contributed by atoms with Gasteiger partial charge in [-0.2, -0.15) is 0 Å². The average molecular weight is 273 g/mol. The molecule has 0 aliphatic carbocycles. The van der Waals surface area contributed by atoms with Gasteiger partial charge < -0.3 is 4.90 Å². The molecule has 1 aromatic heterocycles. The minimum absolute atomic E-state index is 0.158. The number of carbonyl (C=O) groups is 1. The maximum Gasteiger partial charge on any atom is 0.264 e. The van der Waals surface area contributed by atoms with E-state index < -0.39 is 0 Å². The van der Waals surface area contributed by atoms with E-state index in [0.29, 0.717) is 0 Å². The van der Waals surface area contributed by atoms with Crippen LogP contribution in [-0.2, 0) is 6.42 Å². The predicted molar refractivity (Wildman–Crippen MR) is 80.8 cm³/mol. The lowest BCUT2D eigenvalue weighted by Gasteiger charge is -2.20. The smallest absolute Gasteiger partial charge is 0.264 e. The second kappa shape index (κ2) is 6.53. The number of thiophene rings is 1. The maximum atomic E-state index is 12.4. The van der Waals surface area contributed by atoms with Crippen molar-refractivity contribution in [1.29, 1.82) is 0 Å². The molecule has 1 heterocycles. The molecule has 19 heavy (non-hydrogen) atoms. The number of hydrogen-bond acceptors (Lipinski definition) is 2. The number of nitrogens with zero attached hydrogens (tertiary/aromatic N) is 1. The van der Waals surface area contributed by atoms with Crippen molar-refractivity contribution in [1.82, 2.24) is 4.90 Å². The van der Waals surface area contributed by atoms with Gasteiger partial charge in [-0.1, -0.05) is 30.3 Å². The second-order valence-electron chi connectivity index (χ2n) is 4.55. The van der Waals surface area contributed by atoms with Gasteiger partial charge in [0.05, 0.1) is 4.88 Å². The number of hydrogen-bond donors (Lipinski definition) is 0. The molecule has 100 valence electrons. The van der Waals surface area contributed by atoms with E-state index in [0.717, 1.165) is 30.0 Å². The molecule has 0 fully saturated rings. The number of rotatable bonds is 5. The van der Waals surface area contributed by atoms with Gasteiger partial charge in [0.1, 0.15) is 0 Å². The fraction of sp³-hybridized carbons (Fsp3) is 0.312. The molecule has 0 N–H and O–H groups in total. The van der Waals surface area contributed by atoms with Crippen molar-refractivity contribution in [3.63, 3.8) is 0 Å². The van der Waals surface area contributed by atoms with E-state index in [9.17, 15) is 4.79 Å². The van der Waals surface area contributed by atoms with E-state index in [-0.39, 0.29) is 5.91 Å². The molecule has 0 bridgehead atoms. The molecule has 3 heteroatoms. The molecule has 0 atom stereocenters. The summed E-state index contributed by atoms with van der Waals surface area (Å²) in [5.41, 5.74) is 2.35. The van der Waals surface area contributed by atoms with Crippen molar-refractivity contribution in [3.05, 3.63) is 57.8 Å². The fourth-order valence-electron chi connectivity index (χ4n) is 2.05. The molecule has 0 saturated heterocycles. The van der Waals surface area contributed by atoms with Crippen LogP contribution in [0.5, 0.6) is 0 Å². The average Bonchev–Trinajstić information content (AvgIpc) is 2.86. The summed E-state index contributed by atoms with van der Waals surface area (Å²) in [6, 6.07) is 12.3. The normalized spacial score (nSPS) is 10.4. The van der Waals surface area contributed by atoms with Gasteiger partial charge in [-0.15, -0.1) is 11.3 Å². The van der Waals surface area contributed by atoms with Crippen LogP contribution in [0, 0.1) is 6.92 Å². The van der Waals surface area contributed by atoms with Crippen molar-refractivity contribution in [2.45, 2.75) is 20.3 Å². The highest BCUT2D eigenvalue weighted by molar-refractivity contribution is 7.12. The van der Waals surface area contributed by atoms with Crippen LogP contribution in [0.1, 0.15) is 27.7 Å². The zero-order chi connectivity index (χ0) is 13.7. The topological polar surface area (TPSA) is 20.3 Å². The molecular formula is C16H19NOS. The SMILES string of the molecule is CCN(CCc1ccccc1)C(=O)c1sccc1C. The van der Waals surface area contributed by atoms with Crippen molar-refractivity contribution < 1.29 is 4.79 Å². The number of carbonyl (C=O) groups excluding carboxylic acids is 1. The Hall–Kier alpha value is -1.61. The Balaban J connectivity index is 2.01. The summed E-state index contributed by atoms with van der Waals surface area (Å²) < 4.78 is 0. The first-order valence-corrected chi connectivity index (χ1v) is 7.47. The van der Waals surface area contributed by atoms with Crippen molar-refractivity contribution >= 4 is 17.2 Å². The first-order chi connectivity index (χ1) is 9.22. The van der Waals surface area contributed by atoms with Crippen LogP contribution in [0.2, 0.25) is 0 Å². The van der Waals surface area contributed by atoms with Gasteiger partial charge in [-0.3, -0.25) is 4.79 Å². The summed E-state index contributed by atoms with van der Waals surface area (Å²) in [7, 11) is 0. The third kappa shape index (κ3) is 3.44. The summed E-state index contributed by atoms with van der Waals surface area (Å²) >= 11 is 1.53. The van der Waals surface area contributed by atoms with E-state index in [1.165, 1.54) is 16.9 Å². The third-order valence-corrected chi connectivity index (χ3v) is 4.24. The summed E-state index contributed by atoms with van der Waals surface area (Å²) in [6.07, 6.45) is 0.908. The van der Waals surface area contributed by atoms with Gasteiger partial charge in [0, 0.05) is 13.1 Å².